The van der Waals surface area contributed by atoms with Crippen LogP contribution in [0, 0.1) is 0 Å². The number of aromatic nitrogens is 2. The first kappa shape index (κ1) is 15.4. The van der Waals surface area contributed by atoms with E-state index in [2.05, 4.69) is 51.4 Å². The minimum atomic E-state index is 0.367. The van der Waals surface area contributed by atoms with E-state index in [9.17, 15) is 0 Å². The van der Waals surface area contributed by atoms with Crippen molar-refractivity contribution in [2.75, 3.05) is 17.3 Å². The maximum absolute atomic E-state index is 5.39. The van der Waals surface area contributed by atoms with Gasteiger partial charge in [-0.2, -0.15) is 0 Å². The van der Waals surface area contributed by atoms with E-state index in [0.717, 1.165) is 29.5 Å². The fraction of sp³-hybridized carbons (Fsp3) is 0.200. The molecule has 1 unspecified atom stereocenters. The molecule has 3 aromatic rings. The molecule has 1 aliphatic rings. The molecule has 0 bridgehead atoms. The van der Waals surface area contributed by atoms with Crippen LogP contribution in [-0.2, 0) is 6.42 Å². The van der Waals surface area contributed by atoms with Gasteiger partial charge in [-0.15, -0.1) is 0 Å². The lowest BCUT2D eigenvalue weighted by atomic mass is 10.1. The highest BCUT2D eigenvalue weighted by Gasteiger charge is 2.27. The number of nitrogens with one attached hydrogen (secondary N) is 1. The lowest BCUT2D eigenvalue weighted by Gasteiger charge is -2.24. The molecule has 1 aromatic heterocycles. The third-order valence-electron chi connectivity index (χ3n) is 4.48. The van der Waals surface area contributed by atoms with E-state index in [0.29, 0.717) is 6.04 Å². The number of anilines is 4. The fourth-order valence-corrected chi connectivity index (χ4v) is 3.35. The first-order valence-electron chi connectivity index (χ1n) is 8.35. The van der Waals surface area contributed by atoms with E-state index < -0.39 is 0 Å². The quantitative estimate of drug-likeness (QED) is 0.771. The molecule has 2 aromatic carbocycles. The molecular formula is C20H20N4O. The molecule has 0 aliphatic carbocycles. The zero-order valence-electron chi connectivity index (χ0n) is 14.3. The third-order valence-corrected chi connectivity index (χ3v) is 4.48. The molecule has 2 heterocycles. The van der Waals surface area contributed by atoms with Gasteiger partial charge in [-0.3, -0.25) is 0 Å². The molecule has 5 heteroatoms. The van der Waals surface area contributed by atoms with Gasteiger partial charge in [0.2, 0.25) is 0 Å². The molecule has 0 radical (unpaired) electrons. The summed E-state index contributed by atoms with van der Waals surface area (Å²) in [5.41, 5.74) is 3.45. The molecule has 5 nitrogen and oxygen atoms in total. The SMILES string of the molecule is COc1ccccc1Nc1cc(N2c3ccccc3CC2C)ncn1. The van der Waals surface area contributed by atoms with E-state index in [-0.39, 0.29) is 0 Å². The summed E-state index contributed by atoms with van der Waals surface area (Å²) in [5, 5.41) is 3.32. The number of rotatable bonds is 4. The Hall–Kier alpha value is -3.08. The molecule has 1 N–H and O–H groups in total. The highest BCUT2D eigenvalue weighted by molar-refractivity contribution is 5.72. The molecule has 126 valence electrons. The summed E-state index contributed by atoms with van der Waals surface area (Å²) < 4.78 is 5.39. The molecule has 0 spiro atoms. The van der Waals surface area contributed by atoms with Gasteiger partial charge in [0.25, 0.3) is 0 Å². The second kappa shape index (κ2) is 6.43. The summed E-state index contributed by atoms with van der Waals surface area (Å²) >= 11 is 0. The van der Waals surface area contributed by atoms with Gasteiger partial charge >= 0.3 is 0 Å². The lowest BCUT2D eigenvalue weighted by Crippen LogP contribution is -2.24. The summed E-state index contributed by atoms with van der Waals surface area (Å²) in [5.74, 6) is 2.42. The van der Waals surface area contributed by atoms with Crippen molar-refractivity contribution in [1.29, 1.82) is 0 Å². The van der Waals surface area contributed by atoms with Gasteiger partial charge in [0.1, 0.15) is 23.7 Å². The monoisotopic (exact) mass is 332 g/mol. The van der Waals surface area contributed by atoms with Crippen LogP contribution in [-0.4, -0.2) is 23.1 Å². The van der Waals surface area contributed by atoms with Crippen LogP contribution in [0.3, 0.4) is 0 Å². The Morgan fingerprint density at radius 3 is 2.76 bits per heavy atom. The topological polar surface area (TPSA) is 50.3 Å². The van der Waals surface area contributed by atoms with Gasteiger partial charge in [-0.25, -0.2) is 9.97 Å². The van der Waals surface area contributed by atoms with Gasteiger partial charge < -0.3 is 15.0 Å². The Bertz CT molecular complexity index is 896. The van der Waals surface area contributed by atoms with Gasteiger partial charge in [-0.1, -0.05) is 30.3 Å². The first-order valence-corrected chi connectivity index (χ1v) is 8.35. The number of methoxy groups -OCH3 is 1. The van der Waals surface area contributed by atoms with Gasteiger partial charge in [0.05, 0.1) is 12.8 Å². The van der Waals surface area contributed by atoms with Crippen molar-refractivity contribution in [3.05, 3.63) is 66.5 Å². The Morgan fingerprint density at radius 2 is 1.88 bits per heavy atom. The summed E-state index contributed by atoms with van der Waals surface area (Å²) in [4.78, 5) is 11.1. The second-order valence-corrected chi connectivity index (χ2v) is 6.14. The molecule has 0 saturated carbocycles. The standard InChI is InChI=1S/C20H20N4O/c1-14-11-15-7-3-5-9-17(15)24(14)20-12-19(21-13-22-20)23-16-8-4-6-10-18(16)25-2/h3-10,12-14H,11H2,1-2H3,(H,21,22,23). The van der Waals surface area contributed by atoms with Gasteiger partial charge in [0.15, 0.2) is 0 Å². The number of hydrogen-bond acceptors (Lipinski definition) is 5. The van der Waals surface area contributed by atoms with E-state index >= 15 is 0 Å². The number of nitrogens with zero attached hydrogens (tertiary/aromatic N) is 3. The molecule has 25 heavy (non-hydrogen) atoms. The molecular weight excluding hydrogens is 312 g/mol. The van der Waals surface area contributed by atoms with Crippen LogP contribution in [0.2, 0.25) is 0 Å². The minimum Gasteiger partial charge on any atom is -0.495 e. The zero-order chi connectivity index (χ0) is 17.2. The van der Waals surface area contributed by atoms with Crippen molar-refractivity contribution in [3.8, 4) is 5.75 Å². The van der Waals surface area contributed by atoms with Crippen LogP contribution in [0.25, 0.3) is 0 Å². The molecule has 0 fully saturated rings. The Kier molecular flexibility index (Phi) is 3.98. The van der Waals surface area contributed by atoms with Gasteiger partial charge in [0, 0.05) is 17.8 Å². The third kappa shape index (κ3) is 2.89. The van der Waals surface area contributed by atoms with Crippen molar-refractivity contribution in [3.63, 3.8) is 0 Å². The molecule has 1 atom stereocenters. The van der Waals surface area contributed by atoms with Crippen molar-refractivity contribution in [2.45, 2.75) is 19.4 Å². The molecule has 1 aliphatic heterocycles. The summed E-state index contributed by atoms with van der Waals surface area (Å²) in [6, 6.07) is 18.6. The van der Waals surface area contributed by atoms with Crippen LogP contribution < -0.4 is 15.0 Å². The Balaban J connectivity index is 1.66. The number of fused-ring (bicyclic) bond motifs is 1. The first-order chi connectivity index (χ1) is 12.3. The second-order valence-electron chi connectivity index (χ2n) is 6.14. The average molecular weight is 332 g/mol. The van der Waals surface area contributed by atoms with Crippen molar-refractivity contribution in [2.24, 2.45) is 0 Å². The number of hydrogen-bond donors (Lipinski definition) is 1. The summed E-state index contributed by atoms with van der Waals surface area (Å²) in [6.45, 7) is 2.22. The smallest absolute Gasteiger partial charge is 0.142 e. The highest BCUT2D eigenvalue weighted by atomic mass is 16.5. The number of benzene rings is 2. The molecule has 4 rings (SSSR count). The number of para-hydroxylation sites is 3. The Labute approximate surface area is 147 Å². The van der Waals surface area contributed by atoms with E-state index in [1.54, 1.807) is 13.4 Å². The zero-order valence-corrected chi connectivity index (χ0v) is 14.3. The van der Waals surface area contributed by atoms with Crippen LogP contribution in [0.4, 0.5) is 23.0 Å². The number of ether oxygens (including phenoxy) is 1. The Morgan fingerprint density at radius 1 is 1.08 bits per heavy atom. The fourth-order valence-electron chi connectivity index (χ4n) is 3.35. The highest BCUT2D eigenvalue weighted by Crippen LogP contribution is 2.37. The maximum atomic E-state index is 5.39. The average Bonchev–Trinajstić information content (AvgIpc) is 2.98. The predicted molar refractivity (Wildman–Crippen MR) is 100 cm³/mol. The molecule has 0 amide bonds. The lowest BCUT2D eigenvalue weighted by molar-refractivity contribution is 0.417. The van der Waals surface area contributed by atoms with Crippen molar-refractivity contribution < 1.29 is 4.74 Å². The maximum Gasteiger partial charge on any atom is 0.142 e. The normalized spacial score (nSPS) is 15.8. The van der Waals surface area contributed by atoms with Gasteiger partial charge in [-0.05, 0) is 37.1 Å². The predicted octanol–water partition coefficient (Wildman–Crippen LogP) is 4.31. The van der Waals surface area contributed by atoms with Crippen LogP contribution in [0.5, 0.6) is 5.75 Å². The van der Waals surface area contributed by atoms with Crippen molar-refractivity contribution >= 4 is 23.0 Å². The minimum absolute atomic E-state index is 0.367. The van der Waals surface area contributed by atoms with Crippen LogP contribution in [0.15, 0.2) is 60.9 Å². The molecule has 0 saturated heterocycles. The van der Waals surface area contributed by atoms with E-state index in [1.165, 1.54) is 11.3 Å². The summed E-state index contributed by atoms with van der Waals surface area (Å²) in [7, 11) is 1.66. The van der Waals surface area contributed by atoms with Crippen LogP contribution in [0.1, 0.15) is 12.5 Å². The summed E-state index contributed by atoms with van der Waals surface area (Å²) in [6.07, 6.45) is 2.62. The largest absolute Gasteiger partial charge is 0.495 e. The van der Waals surface area contributed by atoms with E-state index in [4.69, 9.17) is 4.74 Å². The van der Waals surface area contributed by atoms with E-state index in [1.807, 2.05) is 30.3 Å². The van der Waals surface area contributed by atoms with Crippen molar-refractivity contribution in [1.82, 2.24) is 9.97 Å². The van der Waals surface area contributed by atoms with Crippen LogP contribution >= 0.6 is 0 Å².